The Hall–Kier alpha value is -2.58. The number of hydrogen-bond acceptors (Lipinski definition) is 6. The molecule has 0 aromatic heterocycles. The van der Waals surface area contributed by atoms with E-state index in [9.17, 15) is 5.11 Å². The molecule has 1 heterocycles. The Kier molecular flexibility index (Phi) is 8.12. The van der Waals surface area contributed by atoms with E-state index in [1.54, 1.807) is 7.11 Å². The zero-order valence-corrected chi connectivity index (χ0v) is 20.6. The van der Waals surface area contributed by atoms with Gasteiger partial charge in [-0.25, -0.2) is 0 Å². The molecular weight excluding hydrogens is 456 g/mol. The van der Waals surface area contributed by atoms with Gasteiger partial charge in [0.25, 0.3) is 0 Å². The molecule has 36 heavy (non-hydrogen) atoms. The summed E-state index contributed by atoms with van der Waals surface area (Å²) < 4.78 is 31.9. The van der Waals surface area contributed by atoms with Crippen molar-refractivity contribution in [3.05, 3.63) is 108 Å². The molecule has 6 atom stereocenters. The first-order valence-corrected chi connectivity index (χ1v) is 12.5. The smallest absolute Gasteiger partial charge is 0.186 e. The van der Waals surface area contributed by atoms with Crippen LogP contribution in [0.3, 0.4) is 0 Å². The van der Waals surface area contributed by atoms with Crippen LogP contribution in [0.1, 0.15) is 23.1 Å². The fraction of sp³-hybridized carbons (Fsp3) is 0.400. The van der Waals surface area contributed by atoms with Gasteiger partial charge >= 0.3 is 0 Å². The highest BCUT2D eigenvalue weighted by Gasteiger charge is 2.69. The molecule has 1 spiro atoms. The largest absolute Gasteiger partial charge is 0.396 e. The maximum absolute atomic E-state index is 10.0. The minimum absolute atomic E-state index is 0.0164. The van der Waals surface area contributed by atoms with Gasteiger partial charge in [0.15, 0.2) is 6.29 Å². The molecule has 2 unspecified atom stereocenters. The van der Waals surface area contributed by atoms with Crippen LogP contribution < -0.4 is 0 Å². The minimum atomic E-state index is -0.682. The summed E-state index contributed by atoms with van der Waals surface area (Å²) in [6, 6.07) is 30.1. The molecule has 1 saturated heterocycles. The normalized spacial score (nSPS) is 29.3. The first kappa shape index (κ1) is 25.1. The van der Waals surface area contributed by atoms with Gasteiger partial charge in [-0.3, -0.25) is 0 Å². The van der Waals surface area contributed by atoms with Gasteiger partial charge in [0, 0.05) is 19.6 Å². The second-order valence-electron chi connectivity index (χ2n) is 9.50. The molecule has 0 amide bonds. The van der Waals surface area contributed by atoms with E-state index in [0.717, 1.165) is 16.7 Å². The van der Waals surface area contributed by atoms with Crippen molar-refractivity contribution in [1.29, 1.82) is 0 Å². The zero-order valence-electron chi connectivity index (χ0n) is 20.6. The highest BCUT2D eigenvalue weighted by atomic mass is 16.7. The summed E-state index contributed by atoms with van der Waals surface area (Å²) >= 11 is 0. The molecule has 0 radical (unpaired) electrons. The fourth-order valence-electron chi connectivity index (χ4n) is 5.06. The van der Waals surface area contributed by atoms with E-state index in [1.807, 2.05) is 91.0 Å². The van der Waals surface area contributed by atoms with Crippen LogP contribution in [0.15, 0.2) is 91.0 Å². The minimum Gasteiger partial charge on any atom is -0.396 e. The second kappa shape index (κ2) is 11.6. The highest BCUT2D eigenvalue weighted by Crippen LogP contribution is 2.55. The molecule has 2 aliphatic rings. The molecule has 190 valence electrons. The van der Waals surface area contributed by atoms with Crippen molar-refractivity contribution < 1.29 is 28.8 Å². The van der Waals surface area contributed by atoms with Gasteiger partial charge in [0.05, 0.1) is 19.8 Å². The van der Waals surface area contributed by atoms with Crippen molar-refractivity contribution in [3.63, 3.8) is 0 Å². The molecule has 1 aliphatic carbocycles. The molecule has 2 fully saturated rings. The predicted octanol–water partition coefficient (Wildman–Crippen LogP) is 4.50. The Balaban J connectivity index is 1.42. The number of methoxy groups -OCH3 is 1. The number of ether oxygens (including phenoxy) is 5. The quantitative estimate of drug-likeness (QED) is 0.427. The first-order chi connectivity index (χ1) is 17.7. The Morgan fingerprint density at radius 2 is 1.19 bits per heavy atom. The van der Waals surface area contributed by atoms with Gasteiger partial charge in [0.1, 0.15) is 23.9 Å². The van der Waals surface area contributed by atoms with Crippen LogP contribution in [0.5, 0.6) is 0 Å². The van der Waals surface area contributed by atoms with E-state index >= 15 is 0 Å². The number of aliphatic hydroxyl groups excluding tert-OH is 1. The highest BCUT2D eigenvalue weighted by molar-refractivity contribution is 5.19. The van der Waals surface area contributed by atoms with Crippen LogP contribution in [-0.2, 0) is 43.5 Å². The Morgan fingerprint density at radius 1 is 0.722 bits per heavy atom. The summed E-state index contributed by atoms with van der Waals surface area (Å²) in [5, 5.41) is 10.0. The number of aliphatic hydroxyl groups is 1. The van der Waals surface area contributed by atoms with Crippen LogP contribution in [0.4, 0.5) is 0 Å². The average molecular weight is 491 g/mol. The van der Waals surface area contributed by atoms with E-state index in [2.05, 4.69) is 0 Å². The lowest BCUT2D eigenvalue weighted by Gasteiger charge is -2.46. The van der Waals surface area contributed by atoms with Crippen molar-refractivity contribution in [1.82, 2.24) is 0 Å². The Labute approximate surface area is 212 Å². The van der Waals surface area contributed by atoms with E-state index in [4.69, 9.17) is 23.7 Å². The SMILES string of the molecule is CO[C@H]1OC2(CC2CO)[C@@H](OCc2ccccc2)[C@H](OCc2ccccc2)[C@H]1OCc1ccccc1. The summed E-state index contributed by atoms with van der Waals surface area (Å²) in [5.41, 5.74) is 2.49. The summed E-state index contributed by atoms with van der Waals surface area (Å²) in [6.45, 7) is 1.21. The Morgan fingerprint density at radius 3 is 1.64 bits per heavy atom. The van der Waals surface area contributed by atoms with Crippen LogP contribution >= 0.6 is 0 Å². The third kappa shape index (κ3) is 5.54. The third-order valence-corrected chi connectivity index (χ3v) is 7.10. The van der Waals surface area contributed by atoms with E-state index < -0.39 is 30.2 Å². The summed E-state index contributed by atoms with van der Waals surface area (Å²) in [7, 11) is 1.62. The molecule has 6 nitrogen and oxygen atoms in total. The maximum atomic E-state index is 10.0. The molecule has 3 aromatic rings. The summed E-state index contributed by atoms with van der Waals surface area (Å²) in [6.07, 6.45) is -1.40. The van der Waals surface area contributed by atoms with Crippen LogP contribution in [-0.4, -0.2) is 49.0 Å². The molecular formula is C30H34O6. The average Bonchev–Trinajstić information content (AvgIpc) is 3.65. The molecule has 6 heteroatoms. The van der Waals surface area contributed by atoms with Crippen molar-refractivity contribution in [3.8, 4) is 0 Å². The van der Waals surface area contributed by atoms with Gasteiger partial charge in [0.2, 0.25) is 0 Å². The van der Waals surface area contributed by atoms with Crippen LogP contribution in [0.2, 0.25) is 0 Å². The molecule has 1 saturated carbocycles. The fourth-order valence-corrected chi connectivity index (χ4v) is 5.06. The number of benzene rings is 3. The van der Waals surface area contributed by atoms with Gasteiger partial charge < -0.3 is 28.8 Å². The van der Waals surface area contributed by atoms with Crippen molar-refractivity contribution in [2.24, 2.45) is 5.92 Å². The molecule has 1 N–H and O–H groups in total. The van der Waals surface area contributed by atoms with E-state index in [-0.39, 0.29) is 12.5 Å². The lowest BCUT2D eigenvalue weighted by molar-refractivity contribution is -0.330. The predicted molar refractivity (Wildman–Crippen MR) is 135 cm³/mol. The number of hydrogen-bond donors (Lipinski definition) is 1. The summed E-state index contributed by atoms with van der Waals surface area (Å²) in [5.74, 6) is -0.0474. The van der Waals surface area contributed by atoms with Gasteiger partial charge in [-0.15, -0.1) is 0 Å². The standard InChI is InChI=1S/C30H34O6/c1-32-29-27(34-20-23-13-7-3-8-14-23)26(33-19-22-11-5-2-6-12-22)28(30(36-29)17-25(30)18-31)35-21-24-15-9-4-10-16-24/h2-16,25-29,31H,17-21H2,1H3/t25?,26-,27-,28+,29+,30?/m1/s1. The molecule has 1 aliphatic heterocycles. The monoisotopic (exact) mass is 490 g/mol. The lowest BCUT2D eigenvalue weighted by atomic mass is 9.94. The van der Waals surface area contributed by atoms with Crippen molar-refractivity contribution >= 4 is 0 Å². The van der Waals surface area contributed by atoms with Crippen molar-refractivity contribution in [2.75, 3.05) is 13.7 Å². The molecule has 3 aromatic carbocycles. The second-order valence-corrected chi connectivity index (χ2v) is 9.50. The third-order valence-electron chi connectivity index (χ3n) is 7.10. The molecule has 0 bridgehead atoms. The first-order valence-electron chi connectivity index (χ1n) is 12.5. The summed E-state index contributed by atoms with van der Waals surface area (Å²) in [4.78, 5) is 0. The number of rotatable bonds is 11. The van der Waals surface area contributed by atoms with Crippen molar-refractivity contribution in [2.45, 2.75) is 56.4 Å². The van der Waals surface area contributed by atoms with Crippen LogP contribution in [0, 0.1) is 5.92 Å². The lowest BCUT2D eigenvalue weighted by Crippen LogP contribution is -2.62. The Bertz CT molecular complexity index is 1060. The van der Waals surface area contributed by atoms with E-state index in [1.165, 1.54) is 0 Å². The van der Waals surface area contributed by atoms with Gasteiger partial charge in [-0.2, -0.15) is 0 Å². The molecule has 5 rings (SSSR count). The topological polar surface area (TPSA) is 66.4 Å². The van der Waals surface area contributed by atoms with Crippen LogP contribution in [0.25, 0.3) is 0 Å². The van der Waals surface area contributed by atoms with Gasteiger partial charge in [-0.1, -0.05) is 91.0 Å². The maximum Gasteiger partial charge on any atom is 0.186 e. The van der Waals surface area contributed by atoms with Gasteiger partial charge in [-0.05, 0) is 23.1 Å². The van der Waals surface area contributed by atoms with E-state index in [0.29, 0.717) is 26.2 Å². The zero-order chi connectivity index (χ0) is 24.8.